The van der Waals surface area contributed by atoms with Crippen molar-refractivity contribution in [2.24, 2.45) is 0 Å². The molecule has 2 heterocycles. The second-order valence-electron chi connectivity index (χ2n) is 5.64. The lowest BCUT2D eigenvalue weighted by atomic mass is 9.94. The number of ether oxygens (including phenoxy) is 1. The van der Waals surface area contributed by atoms with Crippen molar-refractivity contribution >= 4 is 35.1 Å². The van der Waals surface area contributed by atoms with Gasteiger partial charge in [0.1, 0.15) is 0 Å². The topological polar surface area (TPSA) is 70.7 Å². The van der Waals surface area contributed by atoms with Crippen LogP contribution in [0, 0.1) is 0 Å². The third-order valence-electron chi connectivity index (χ3n) is 4.07. The first-order chi connectivity index (χ1) is 11.5. The molecule has 1 atom stereocenters. The molecular weight excluding hydrogens is 353 g/mol. The number of hydrogen-bond donors (Lipinski definition) is 2. The minimum absolute atomic E-state index is 0.140. The zero-order valence-electron chi connectivity index (χ0n) is 13.1. The predicted octanol–water partition coefficient (Wildman–Crippen LogP) is 2.48. The van der Waals surface area contributed by atoms with Crippen LogP contribution in [0.4, 0.5) is 4.79 Å². The van der Waals surface area contributed by atoms with Crippen LogP contribution >= 0.6 is 23.2 Å². The van der Waals surface area contributed by atoms with E-state index in [1.165, 1.54) is 0 Å². The van der Waals surface area contributed by atoms with Gasteiger partial charge in [0.2, 0.25) is 0 Å². The largest absolute Gasteiger partial charge is 0.378 e. The number of nitrogens with one attached hydrogen (secondary N) is 2. The summed E-state index contributed by atoms with van der Waals surface area (Å²) in [4.78, 5) is 26.6. The molecule has 2 N–H and O–H groups in total. The number of amides is 3. The van der Waals surface area contributed by atoms with E-state index in [1.807, 2.05) is 0 Å². The van der Waals surface area contributed by atoms with Crippen LogP contribution in [0.5, 0.6) is 0 Å². The lowest BCUT2D eigenvalue weighted by molar-refractivity contribution is -0.131. The highest BCUT2D eigenvalue weighted by molar-refractivity contribution is 6.35. The zero-order valence-corrected chi connectivity index (χ0v) is 14.6. The van der Waals surface area contributed by atoms with Crippen molar-refractivity contribution in [3.63, 3.8) is 0 Å². The van der Waals surface area contributed by atoms with Crippen LogP contribution in [0.1, 0.15) is 18.5 Å². The minimum atomic E-state index is -0.626. The number of urea groups is 1. The molecule has 6 nitrogen and oxygen atoms in total. The van der Waals surface area contributed by atoms with Gasteiger partial charge in [-0.1, -0.05) is 29.3 Å². The van der Waals surface area contributed by atoms with Gasteiger partial charge in [-0.05, 0) is 24.6 Å². The van der Waals surface area contributed by atoms with Crippen molar-refractivity contribution in [1.29, 1.82) is 0 Å². The summed E-state index contributed by atoms with van der Waals surface area (Å²) in [5.41, 5.74) is 1.62. The first-order valence-electron chi connectivity index (χ1n) is 7.57. The highest BCUT2D eigenvalue weighted by Gasteiger charge is 2.35. The number of halogens is 2. The van der Waals surface area contributed by atoms with Gasteiger partial charge in [-0.2, -0.15) is 0 Å². The second kappa shape index (κ2) is 7.01. The van der Waals surface area contributed by atoms with Gasteiger partial charge >= 0.3 is 6.03 Å². The van der Waals surface area contributed by atoms with Crippen LogP contribution in [0.2, 0.25) is 10.0 Å². The summed E-state index contributed by atoms with van der Waals surface area (Å²) >= 11 is 12.2. The van der Waals surface area contributed by atoms with Gasteiger partial charge in [-0.3, -0.25) is 4.79 Å². The van der Waals surface area contributed by atoms with Crippen molar-refractivity contribution in [3.8, 4) is 0 Å². The molecule has 1 aromatic rings. The highest BCUT2D eigenvalue weighted by atomic mass is 35.5. The number of nitrogens with zero attached hydrogens (tertiary/aromatic N) is 1. The molecule has 8 heteroatoms. The SMILES string of the molecule is CC1=C(C(=O)N2CCOCC2)[C@H](c2ccc(Cl)cc2Cl)NC(=O)N1. The molecule has 3 amide bonds. The van der Waals surface area contributed by atoms with E-state index in [4.69, 9.17) is 27.9 Å². The Kier molecular flexibility index (Phi) is 4.99. The van der Waals surface area contributed by atoms with Crippen molar-refractivity contribution in [2.75, 3.05) is 26.3 Å². The van der Waals surface area contributed by atoms with Crippen LogP contribution in [0.15, 0.2) is 29.5 Å². The fourth-order valence-electron chi connectivity index (χ4n) is 2.88. The molecule has 1 fully saturated rings. The summed E-state index contributed by atoms with van der Waals surface area (Å²) in [6.45, 7) is 3.76. The Morgan fingerprint density at radius 1 is 1.29 bits per heavy atom. The summed E-state index contributed by atoms with van der Waals surface area (Å²) in [7, 11) is 0. The van der Waals surface area contributed by atoms with E-state index in [1.54, 1.807) is 30.0 Å². The van der Waals surface area contributed by atoms with Gasteiger partial charge in [0.05, 0.1) is 24.8 Å². The molecule has 1 aromatic carbocycles. The Bertz CT molecular complexity index is 715. The Morgan fingerprint density at radius 2 is 2.00 bits per heavy atom. The molecule has 3 rings (SSSR count). The van der Waals surface area contributed by atoms with Crippen LogP contribution in [-0.2, 0) is 9.53 Å². The predicted molar refractivity (Wildman–Crippen MR) is 91.0 cm³/mol. The maximum absolute atomic E-state index is 13.0. The summed E-state index contributed by atoms with van der Waals surface area (Å²) in [6.07, 6.45) is 0. The van der Waals surface area contributed by atoms with Crippen LogP contribution in [-0.4, -0.2) is 43.1 Å². The molecule has 128 valence electrons. The van der Waals surface area contributed by atoms with Gasteiger partial charge in [0, 0.05) is 28.8 Å². The fourth-order valence-corrected chi connectivity index (χ4v) is 3.40. The normalized spacial score (nSPS) is 21.4. The maximum atomic E-state index is 13.0. The Hall–Kier alpha value is -1.76. The Labute approximate surface area is 149 Å². The summed E-state index contributed by atoms with van der Waals surface area (Å²) < 4.78 is 5.29. The molecule has 0 aliphatic carbocycles. The highest BCUT2D eigenvalue weighted by Crippen LogP contribution is 2.34. The van der Waals surface area contributed by atoms with Crippen molar-refractivity contribution in [1.82, 2.24) is 15.5 Å². The van der Waals surface area contributed by atoms with Gasteiger partial charge < -0.3 is 20.3 Å². The van der Waals surface area contributed by atoms with Crippen molar-refractivity contribution < 1.29 is 14.3 Å². The first-order valence-corrected chi connectivity index (χ1v) is 8.33. The molecule has 2 aliphatic heterocycles. The van der Waals surface area contributed by atoms with Crippen molar-refractivity contribution in [2.45, 2.75) is 13.0 Å². The molecule has 0 spiro atoms. The number of rotatable bonds is 2. The number of allylic oxidation sites excluding steroid dienone is 1. The first kappa shape index (κ1) is 17.1. The molecule has 2 aliphatic rings. The zero-order chi connectivity index (χ0) is 17.3. The standard InChI is InChI=1S/C16H17Cl2N3O3/c1-9-13(15(22)21-4-6-24-7-5-21)14(20-16(23)19-9)11-3-2-10(17)8-12(11)18/h2-3,8,14H,4-7H2,1H3,(H2,19,20,23)/t14-/m0/s1. The summed E-state index contributed by atoms with van der Waals surface area (Å²) in [5.74, 6) is -0.140. The van der Waals surface area contributed by atoms with E-state index in [0.29, 0.717) is 53.2 Å². The Morgan fingerprint density at radius 3 is 2.67 bits per heavy atom. The third-order valence-corrected chi connectivity index (χ3v) is 4.63. The molecule has 0 unspecified atom stereocenters. The minimum Gasteiger partial charge on any atom is -0.378 e. The molecule has 0 bridgehead atoms. The van der Waals surface area contributed by atoms with Gasteiger partial charge in [-0.25, -0.2) is 4.79 Å². The monoisotopic (exact) mass is 369 g/mol. The average molecular weight is 370 g/mol. The van der Waals surface area contributed by atoms with E-state index in [0.717, 1.165) is 0 Å². The van der Waals surface area contributed by atoms with E-state index in [-0.39, 0.29) is 11.9 Å². The number of hydrogen-bond acceptors (Lipinski definition) is 3. The van der Waals surface area contributed by atoms with Gasteiger partial charge in [0.25, 0.3) is 5.91 Å². The van der Waals surface area contributed by atoms with Crippen LogP contribution < -0.4 is 10.6 Å². The smallest absolute Gasteiger partial charge is 0.319 e. The molecule has 1 saturated heterocycles. The lowest BCUT2D eigenvalue weighted by Gasteiger charge is -2.34. The number of morpholine rings is 1. The number of carbonyl (C=O) groups excluding carboxylic acids is 2. The second-order valence-corrected chi connectivity index (χ2v) is 6.48. The molecule has 24 heavy (non-hydrogen) atoms. The van der Waals surface area contributed by atoms with E-state index < -0.39 is 6.04 Å². The lowest BCUT2D eigenvalue weighted by Crippen LogP contribution is -2.49. The molecular formula is C16H17Cl2N3O3. The van der Waals surface area contributed by atoms with Gasteiger partial charge in [0.15, 0.2) is 0 Å². The van der Waals surface area contributed by atoms with E-state index in [2.05, 4.69) is 10.6 Å². The average Bonchev–Trinajstić information content (AvgIpc) is 2.54. The van der Waals surface area contributed by atoms with Gasteiger partial charge in [-0.15, -0.1) is 0 Å². The molecule has 0 radical (unpaired) electrons. The van der Waals surface area contributed by atoms with E-state index >= 15 is 0 Å². The van der Waals surface area contributed by atoms with Crippen LogP contribution in [0.25, 0.3) is 0 Å². The molecule has 0 saturated carbocycles. The fraction of sp³-hybridized carbons (Fsp3) is 0.375. The van der Waals surface area contributed by atoms with Crippen molar-refractivity contribution in [3.05, 3.63) is 45.1 Å². The summed E-state index contributed by atoms with van der Waals surface area (Å²) in [5, 5.41) is 6.33. The molecule has 0 aromatic heterocycles. The maximum Gasteiger partial charge on any atom is 0.319 e. The quantitative estimate of drug-likeness (QED) is 0.840. The Balaban J connectivity index is 2.00. The number of benzene rings is 1. The van der Waals surface area contributed by atoms with E-state index in [9.17, 15) is 9.59 Å². The third kappa shape index (κ3) is 3.36. The summed E-state index contributed by atoms with van der Waals surface area (Å²) in [6, 6.07) is 4.00. The van der Waals surface area contributed by atoms with Crippen LogP contribution in [0.3, 0.4) is 0 Å². The number of carbonyl (C=O) groups is 2.